The fourth-order valence-corrected chi connectivity index (χ4v) is 7.52. The number of methoxy groups -OCH3 is 3. The SMILES string of the molecule is C=Nc1cc(OCCCCCOc2cc(N(CC3Cc4ccccc4N3C)C(=O)CCC(=O)OC)c(C=O)cc2OC)c(OC)cc1C(=O)N1CCc2ccccc21. The third-order valence-corrected chi connectivity index (χ3v) is 10.7. The van der Waals surface area contributed by atoms with Crippen molar-refractivity contribution in [1.82, 2.24) is 0 Å². The normalized spacial score (nSPS) is 14.0. The highest BCUT2D eigenvalue weighted by molar-refractivity contribution is 6.11. The van der Waals surface area contributed by atoms with Crippen molar-refractivity contribution in [3.8, 4) is 23.0 Å². The van der Waals surface area contributed by atoms with Crippen LogP contribution in [0.3, 0.4) is 0 Å². The van der Waals surface area contributed by atoms with Crippen molar-refractivity contribution in [3.05, 3.63) is 95.1 Å². The lowest BCUT2D eigenvalue weighted by atomic mass is 10.1. The van der Waals surface area contributed by atoms with Crippen LogP contribution in [0.1, 0.15) is 63.9 Å². The summed E-state index contributed by atoms with van der Waals surface area (Å²) in [6.07, 6.45) is 4.13. The van der Waals surface area contributed by atoms with Crippen LogP contribution in [0, 0.1) is 0 Å². The number of likely N-dealkylation sites (N-methyl/N-ethyl adjacent to an activating group) is 1. The van der Waals surface area contributed by atoms with Gasteiger partial charge in [-0.2, -0.15) is 0 Å². The van der Waals surface area contributed by atoms with E-state index in [4.69, 9.17) is 23.7 Å². The van der Waals surface area contributed by atoms with Gasteiger partial charge in [-0.25, -0.2) is 0 Å². The molecule has 0 saturated carbocycles. The van der Waals surface area contributed by atoms with Gasteiger partial charge in [0.25, 0.3) is 5.91 Å². The smallest absolute Gasteiger partial charge is 0.306 e. The summed E-state index contributed by atoms with van der Waals surface area (Å²) >= 11 is 0. The van der Waals surface area contributed by atoms with E-state index in [2.05, 4.69) is 22.7 Å². The largest absolute Gasteiger partial charge is 0.493 e. The molecule has 2 amide bonds. The number of anilines is 3. The molecule has 1 atom stereocenters. The van der Waals surface area contributed by atoms with Gasteiger partial charge in [-0.1, -0.05) is 36.4 Å². The number of carbonyl (C=O) groups is 4. The number of aldehydes is 1. The number of unbranched alkanes of at least 4 members (excludes halogenated alkanes) is 2. The molecule has 304 valence electrons. The second-order valence-corrected chi connectivity index (χ2v) is 14.1. The Bertz CT molecular complexity index is 2150. The lowest BCUT2D eigenvalue weighted by Gasteiger charge is -2.31. The monoisotopic (exact) mass is 790 g/mol. The minimum absolute atomic E-state index is 0.0687. The van der Waals surface area contributed by atoms with Crippen molar-refractivity contribution < 1.29 is 42.9 Å². The molecule has 2 aliphatic heterocycles. The van der Waals surface area contributed by atoms with Gasteiger partial charge in [0.2, 0.25) is 5.91 Å². The van der Waals surface area contributed by atoms with Crippen LogP contribution in [-0.2, 0) is 27.2 Å². The predicted molar refractivity (Wildman–Crippen MR) is 223 cm³/mol. The van der Waals surface area contributed by atoms with Crippen molar-refractivity contribution in [3.63, 3.8) is 0 Å². The van der Waals surface area contributed by atoms with Crippen LogP contribution >= 0.6 is 0 Å². The number of rotatable bonds is 19. The zero-order chi connectivity index (χ0) is 41.2. The Morgan fingerprint density at radius 3 is 2.14 bits per heavy atom. The van der Waals surface area contributed by atoms with Gasteiger partial charge in [0, 0.05) is 55.6 Å². The molecule has 0 fully saturated rings. The summed E-state index contributed by atoms with van der Waals surface area (Å²) in [5, 5.41) is 0. The topological polar surface area (TPSA) is 137 Å². The third-order valence-electron chi connectivity index (χ3n) is 10.7. The van der Waals surface area contributed by atoms with Gasteiger partial charge in [-0.15, -0.1) is 0 Å². The zero-order valence-corrected chi connectivity index (χ0v) is 33.5. The van der Waals surface area contributed by atoms with E-state index in [1.807, 2.05) is 49.5 Å². The summed E-state index contributed by atoms with van der Waals surface area (Å²) in [7, 11) is 6.30. The molecule has 4 aromatic rings. The maximum atomic E-state index is 13.8. The van der Waals surface area contributed by atoms with Crippen LogP contribution in [0.15, 0.2) is 77.8 Å². The molecule has 0 saturated heterocycles. The molecular weight excluding hydrogens is 741 g/mol. The summed E-state index contributed by atoms with van der Waals surface area (Å²) in [6, 6.07) is 22.5. The molecule has 2 heterocycles. The molecule has 2 aliphatic rings. The standard InChI is InChI=1S/C45H50N4O9/c1-46-35-26-41(40(55-4)25-34(35)45(53)48-20-19-30-13-7-10-16-37(30)48)57-21-11-6-12-22-58-42-27-38(32(29-50)24-39(42)54-3)49(43(51)17-18-44(52)56-5)28-33-23-31-14-8-9-15-36(31)47(33)2/h7-10,13-16,24-27,29,33H,1,6,11-12,17-23,28H2,2-5H3. The van der Waals surface area contributed by atoms with Crippen molar-refractivity contribution in [1.29, 1.82) is 0 Å². The van der Waals surface area contributed by atoms with Gasteiger partial charge in [0.1, 0.15) is 0 Å². The van der Waals surface area contributed by atoms with E-state index in [0.29, 0.717) is 85.2 Å². The Morgan fingerprint density at radius 2 is 1.48 bits per heavy atom. The average molecular weight is 791 g/mol. The molecule has 0 aromatic heterocycles. The molecular formula is C45H50N4O9. The highest BCUT2D eigenvalue weighted by Gasteiger charge is 2.32. The summed E-state index contributed by atoms with van der Waals surface area (Å²) in [5.41, 5.74) is 5.71. The number of hydrogen-bond acceptors (Lipinski definition) is 11. The molecule has 4 aromatic carbocycles. The van der Waals surface area contributed by atoms with E-state index in [9.17, 15) is 19.2 Å². The van der Waals surface area contributed by atoms with Crippen LogP contribution in [-0.4, -0.2) is 91.5 Å². The highest BCUT2D eigenvalue weighted by Crippen LogP contribution is 2.39. The summed E-state index contributed by atoms with van der Waals surface area (Å²) < 4.78 is 28.3. The number of hydrogen-bond donors (Lipinski definition) is 0. The zero-order valence-electron chi connectivity index (χ0n) is 33.5. The summed E-state index contributed by atoms with van der Waals surface area (Å²) in [5.74, 6) is 0.642. The molecule has 13 nitrogen and oxygen atoms in total. The van der Waals surface area contributed by atoms with Crippen LogP contribution in [0.2, 0.25) is 0 Å². The first kappa shape index (κ1) is 41.3. The molecule has 0 aliphatic carbocycles. The fourth-order valence-electron chi connectivity index (χ4n) is 7.52. The number of para-hydroxylation sites is 2. The maximum Gasteiger partial charge on any atom is 0.306 e. The van der Waals surface area contributed by atoms with E-state index in [-0.39, 0.29) is 42.8 Å². The molecule has 1 unspecified atom stereocenters. The lowest BCUT2D eigenvalue weighted by Crippen LogP contribution is -2.44. The van der Waals surface area contributed by atoms with Gasteiger partial charge in [0.05, 0.1) is 63.9 Å². The average Bonchev–Trinajstić information content (AvgIpc) is 3.83. The quantitative estimate of drug-likeness (QED) is 0.0422. The van der Waals surface area contributed by atoms with Gasteiger partial charge >= 0.3 is 5.97 Å². The first-order valence-electron chi connectivity index (χ1n) is 19.4. The van der Waals surface area contributed by atoms with Gasteiger partial charge in [-0.3, -0.25) is 24.2 Å². The minimum atomic E-state index is -0.495. The Morgan fingerprint density at radius 1 is 0.828 bits per heavy atom. The molecule has 58 heavy (non-hydrogen) atoms. The number of nitrogens with zero attached hydrogens (tertiary/aromatic N) is 4. The van der Waals surface area contributed by atoms with Crippen LogP contribution in [0.4, 0.5) is 22.7 Å². The Labute approximate surface area is 339 Å². The first-order chi connectivity index (χ1) is 28.2. The minimum Gasteiger partial charge on any atom is -0.493 e. The summed E-state index contributed by atoms with van der Waals surface area (Å²) in [6.45, 7) is 5.27. The van der Waals surface area contributed by atoms with Crippen LogP contribution < -0.4 is 33.6 Å². The maximum absolute atomic E-state index is 13.8. The van der Waals surface area contributed by atoms with Crippen molar-refractivity contribution in [2.45, 2.75) is 51.0 Å². The second-order valence-electron chi connectivity index (χ2n) is 14.1. The van der Waals surface area contributed by atoms with E-state index < -0.39 is 5.97 Å². The van der Waals surface area contributed by atoms with Crippen molar-refractivity contribution in [2.24, 2.45) is 4.99 Å². The van der Waals surface area contributed by atoms with E-state index >= 15 is 0 Å². The number of fused-ring (bicyclic) bond motifs is 2. The van der Waals surface area contributed by atoms with Gasteiger partial charge < -0.3 is 38.4 Å². The van der Waals surface area contributed by atoms with E-state index in [1.165, 1.54) is 26.9 Å². The lowest BCUT2D eigenvalue weighted by molar-refractivity contribution is -0.141. The molecule has 0 radical (unpaired) electrons. The van der Waals surface area contributed by atoms with Crippen LogP contribution in [0.5, 0.6) is 23.0 Å². The number of ether oxygens (including phenoxy) is 5. The predicted octanol–water partition coefficient (Wildman–Crippen LogP) is 7.03. The number of aliphatic imine (C=N–C) groups is 1. The Balaban J connectivity index is 1.09. The number of esters is 1. The molecule has 0 bridgehead atoms. The molecule has 0 spiro atoms. The van der Waals surface area contributed by atoms with Gasteiger partial charge in [0.15, 0.2) is 29.3 Å². The van der Waals surface area contributed by atoms with Crippen LogP contribution in [0.25, 0.3) is 0 Å². The first-order valence-corrected chi connectivity index (χ1v) is 19.4. The van der Waals surface area contributed by atoms with Gasteiger partial charge in [-0.05, 0) is 74.2 Å². The van der Waals surface area contributed by atoms with E-state index in [0.717, 1.165) is 29.8 Å². The molecule has 6 rings (SSSR count). The highest BCUT2D eigenvalue weighted by atomic mass is 16.5. The molecule has 0 N–H and O–H groups in total. The summed E-state index contributed by atoms with van der Waals surface area (Å²) in [4.78, 5) is 61.5. The fraction of sp³-hybridized carbons (Fsp3) is 0.356. The Kier molecular flexibility index (Phi) is 13.6. The second kappa shape index (κ2) is 19.2. The van der Waals surface area contributed by atoms with E-state index in [1.54, 1.807) is 34.1 Å². The number of carbonyl (C=O) groups excluding carboxylic acids is 4. The third kappa shape index (κ3) is 9.09. The molecule has 13 heteroatoms. The number of benzene rings is 4. The van der Waals surface area contributed by atoms with Crippen molar-refractivity contribution >= 4 is 53.5 Å². The number of amides is 2. The Hall–Kier alpha value is -6.37. The van der Waals surface area contributed by atoms with Crippen molar-refractivity contribution in [2.75, 3.05) is 69.4 Å².